The molecule has 3 nitrogen and oxygen atoms in total. The molecule has 0 aliphatic carbocycles. The van der Waals surface area contributed by atoms with Gasteiger partial charge in [-0.3, -0.25) is 0 Å². The Morgan fingerprint density at radius 2 is 1.71 bits per heavy atom. The number of hydrogen-bond donors (Lipinski definition) is 3. The highest BCUT2D eigenvalue weighted by Gasteiger charge is 2.21. The van der Waals surface area contributed by atoms with Crippen LogP contribution in [-0.2, 0) is 0 Å². The summed E-state index contributed by atoms with van der Waals surface area (Å²) in [6, 6.07) is 0. The lowest BCUT2D eigenvalue weighted by Crippen LogP contribution is -2.38. The lowest BCUT2D eigenvalue weighted by Gasteiger charge is -2.24. The molecule has 0 heterocycles. The quantitative estimate of drug-likeness (QED) is 0.493. The minimum Gasteiger partial charge on any atom is -0.396 e. The molecule has 0 radical (unpaired) electrons. The molecule has 3 heteroatoms. The summed E-state index contributed by atoms with van der Waals surface area (Å²) in [6.45, 7) is 5.81. The molecule has 0 fully saturated rings. The third-order valence-electron chi connectivity index (χ3n) is 2.52. The fourth-order valence-corrected chi connectivity index (χ4v) is 1.23. The highest BCUT2D eigenvalue weighted by atomic mass is 16.3. The standard InChI is InChI=1S/C11H25NO2/c1-3-4-5-6-7-12-8-11(2,9-13)10-14/h12-14H,3-10H2,1-2H3. The molecule has 0 aliphatic heterocycles. The van der Waals surface area contributed by atoms with Crippen LogP contribution in [0, 0.1) is 5.41 Å². The first-order valence-electron chi connectivity index (χ1n) is 5.61. The lowest BCUT2D eigenvalue weighted by atomic mass is 9.93. The summed E-state index contributed by atoms with van der Waals surface area (Å²) in [6.07, 6.45) is 4.99. The van der Waals surface area contributed by atoms with Crippen LogP contribution in [0.2, 0.25) is 0 Å². The van der Waals surface area contributed by atoms with E-state index in [0.29, 0.717) is 6.54 Å². The zero-order valence-corrected chi connectivity index (χ0v) is 9.55. The maximum atomic E-state index is 9.03. The van der Waals surface area contributed by atoms with E-state index >= 15 is 0 Å². The van der Waals surface area contributed by atoms with Crippen molar-refractivity contribution in [2.75, 3.05) is 26.3 Å². The fraction of sp³-hybridized carbons (Fsp3) is 1.00. The molecule has 3 N–H and O–H groups in total. The molecule has 14 heavy (non-hydrogen) atoms. The fourth-order valence-electron chi connectivity index (χ4n) is 1.23. The highest BCUT2D eigenvalue weighted by Crippen LogP contribution is 2.11. The van der Waals surface area contributed by atoms with Crippen LogP contribution in [0.25, 0.3) is 0 Å². The van der Waals surface area contributed by atoms with Crippen LogP contribution in [0.1, 0.15) is 39.5 Å². The van der Waals surface area contributed by atoms with Crippen molar-refractivity contribution in [1.29, 1.82) is 0 Å². The molecule has 0 amide bonds. The first-order chi connectivity index (χ1) is 6.68. The zero-order valence-electron chi connectivity index (χ0n) is 9.55. The van der Waals surface area contributed by atoms with Gasteiger partial charge in [0.25, 0.3) is 0 Å². The van der Waals surface area contributed by atoms with Gasteiger partial charge in [-0.1, -0.05) is 33.1 Å². The first-order valence-corrected chi connectivity index (χ1v) is 5.61. The van der Waals surface area contributed by atoms with Crippen molar-refractivity contribution in [3.63, 3.8) is 0 Å². The summed E-state index contributed by atoms with van der Waals surface area (Å²) in [5, 5.41) is 21.3. The van der Waals surface area contributed by atoms with Gasteiger partial charge in [0, 0.05) is 12.0 Å². The SMILES string of the molecule is CCCCCCNCC(C)(CO)CO. The zero-order chi connectivity index (χ0) is 10.9. The van der Waals surface area contributed by atoms with E-state index in [1.54, 1.807) is 0 Å². The molecule has 0 unspecified atom stereocenters. The Kier molecular flexibility index (Phi) is 8.14. The molecule has 0 bridgehead atoms. The normalized spacial score (nSPS) is 12.0. The largest absolute Gasteiger partial charge is 0.396 e. The van der Waals surface area contributed by atoms with Gasteiger partial charge in [0.15, 0.2) is 0 Å². The van der Waals surface area contributed by atoms with Crippen LogP contribution in [-0.4, -0.2) is 36.5 Å². The molecular weight excluding hydrogens is 178 g/mol. The van der Waals surface area contributed by atoms with Gasteiger partial charge in [-0.05, 0) is 13.0 Å². The van der Waals surface area contributed by atoms with Crippen molar-refractivity contribution < 1.29 is 10.2 Å². The van der Waals surface area contributed by atoms with Gasteiger partial charge in [0.2, 0.25) is 0 Å². The van der Waals surface area contributed by atoms with Crippen LogP contribution in [0.3, 0.4) is 0 Å². The van der Waals surface area contributed by atoms with Crippen molar-refractivity contribution >= 4 is 0 Å². The van der Waals surface area contributed by atoms with E-state index in [0.717, 1.165) is 6.54 Å². The minimum absolute atomic E-state index is 0.0332. The Bertz CT molecular complexity index is 124. The average molecular weight is 203 g/mol. The molecule has 0 saturated carbocycles. The number of aliphatic hydroxyl groups excluding tert-OH is 2. The number of unbranched alkanes of at least 4 members (excludes halogenated alkanes) is 3. The molecule has 0 spiro atoms. The van der Waals surface area contributed by atoms with Crippen molar-refractivity contribution in [2.24, 2.45) is 5.41 Å². The Hall–Kier alpha value is -0.120. The summed E-state index contributed by atoms with van der Waals surface area (Å²) >= 11 is 0. The van der Waals surface area contributed by atoms with Crippen molar-refractivity contribution in [3.8, 4) is 0 Å². The Morgan fingerprint density at radius 1 is 1.07 bits per heavy atom. The molecule has 86 valence electrons. The van der Waals surface area contributed by atoms with E-state index in [1.807, 2.05) is 6.92 Å². The second kappa shape index (κ2) is 8.21. The Labute approximate surface area is 87.5 Å². The third kappa shape index (κ3) is 6.35. The summed E-state index contributed by atoms with van der Waals surface area (Å²) in [5.41, 5.74) is -0.370. The van der Waals surface area contributed by atoms with Gasteiger partial charge < -0.3 is 15.5 Å². The number of aliphatic hydroxyl groups is 2. The maximum Gasteiger partial charge on any atom is 0.0518 e. The summed E-state index contributed by atoms with van der Waals surface area (Å²) in [5.74, 6) is 0. The maximum absolute atomic E-state index is 9.03. The number of rotatable bonds is 9. The Morgan fingerprint density at radius 3 is 2.21 bits per heavy atom. The van der Waals surface area contributed by atoms with E-state index in [4.69, 9.17) is 10.2 Å². The molecule has 0 rings (SSSR count). The molecule has 0 atom stereocenters. The van der Waals surface area contributed by atoms with Gasteiger partial charge in [-0.2, -0.15) is 0 Å². The predicted molar refractivity (Wildman–Crippen MR) is 59.3 cm³/mol. The number of nitrogens with one attached hydrogen (secondary N) is 1. The average Bonchev–Trinajstić information content (AvgIpc) is 2.23. The predicted octanol–water partition coefficient (Wildman–Crippen LogP) is 1.15. The van der Waals surface area contributed by atoms with Crippen LogP contribution >= 0.6 is 0 Å². The number of hydrogen-bond acceptors (Lipinski definition) is 3. The smallest absolute Gasteiger partial charge is 0.0518 e. The van der Waals surface area contributed by atoms with E-state index < -0.39 is 0 Å². The topological polar surface area (TPSA) is 52.5 Å². The van der Waals surface area contributed by atoms with Crippen molar-refractivity contribution in [1.82, 2.24) is 5.32 Å². The monoisotopic (exact) mass is 203 g/mol. The van der Waals surface area contributed by atoms with Crippen LogP contribution in [0.15, 0.2) is 0 Å². The molecule has 0 aromatic rings. The van der Waals surface area contributed by atoms with Gasteiger partial charge in [-0.15, -0.1) is 0 Å². The molecule has 0 aromatic heterocycles. The second-order valence-electron chi connectivity index (χ2n) is 4.36. The van der Waals surface area contributed by atoms with Crippen LogP contribution in [0.4, 0.5) is 0 Å². The molecular formula is C11H25NO2. The van der Waals surface area contributed by atoms with Crippen molar-refractivity contribution in [3.05, 3.63) is 0 Å². The van der Waals surface area contributed by atoms with E-state index in [-0.39, 0.29) is 18.6 Å². The van der Waals surface area contributed by atoms with Crippen LogP contribution < -0.4 is 5.32 Å². The molecule has 0 aliphatic rings. The summed E-state index contributed by atoms with van der Waals surface area (Å²) in [4.78, 5) is 0. The summed E-state index contributed by atoms with van der Waals surface area (Å²) < 4.78 is 0. The first kappa shape index (κ1) is 13.9. The van der Waals surface area contributed by atoms with Gasteiger partial charge in [-0.25, -0.2) is 0 Å². The van der Waals surface area contributed by atoms with Gasteiger partial charge in [0.1, 0.15) is 0 Å². The van der Waals surface area contributed by atoms with Gasteiger partial charge in [0.05, 0.1) is 13.2 Å². The molecule has 0 saturated heterocycles. The van der Waals surface area contributed by atoms with Crippen molar-refractivity contribution in [2.45, 2.75) is 39.5 Å². The van der Waals surface area contributed by atoms with E-state index in [9.17, 15) is 0 Å². The molecule has 0 aromatic carbocycles. The lowest BCUT2D eigenvalue weighted by molar-refractivity contribution is 0.0698. The second-order valence-corrected chi connectivity index (χ2v) is 4.36. The highest BCUT2D eigenvalue weighted by molar-refractivity contribution is 4.74. The Balaban J connectivity index is 3.34. The minimum atomic E-state index is -0.370. The van der Waals surface area contributed by atoms with E-state index in [1.165, 1.54) is 25.7 Å². The van der Waals surface area contributed by atoms with Crippen LogP contribution in [0.5, 0.6) is 0 Å². The third-order valence-corrected chi connectivity index (χ3v) is 2.52. The summed E-state index contributed by atoms with van der Waals surface area (Å²) in [7, 11) is 0. The van der Waals surface area contributed by atoms with Gasteiger partial charge >= 0.3 is 0 Å². The van der Waals surface area contributed by atoms with E-state index in [2.05, 4.69) is 12.2 Å².